The van der Waals surface area contributed by atoms with Gasteiger partial charge in [0.2, 0.25) is 0 Å². The van der Waals surface area contributed by atoms with Crippen molar-refractivity contribution in [1.29, 1.82) is 0 Å². The Morgan fingerprint density at radius 3 is 2.79 bits per heavy atom. The minimum absolute atomic E-state index is 0.0227. The molecule has 2 rings (SSSR count). The zero-order chi connectivity index (χ0) is 13.8. The fourth-order valence-electron chi connectivity index (χ4n) is 2.40. The first kappa shape index (κ1) is 14.3. The maximum Gasteiger partial charge on any atom is 0.308 e. The highest BCUT2D eigenvalue weighted by molar-refractivity contribution is 6.30. The molecule has 0 atom stereocenters. The second-order valence-corrected chi connectivity index (χ2v) is 5.19. The van der Waals surface area contributed by atoms with Crippen LogP contribution in [0.1, 0.15) is 18.4 Å². The predicted molar refractivity (Wildman–Crippen MR) is 71.4 cm³/mol. The average Bonchev–Trinajstić information content (AvgIpc) is 2.44. The lowest BCUT2D eigenvalue weighted by molar-refractivity contribution is -0.147. The van der Waals surface area contributed by atoms with Gasteiger partial charge in [-0.3, -0.25) is 9.69 Å². The highest BCUT2D eigenvalue weighted by atomic mass is 35.5. The van der Waals surface area contributed by atoms with Crippen LogP contribution in [0.5, 0.6) is 0 Å². The molecular formula is C14H17ClFNO2. The van der Waals surface area contributed by atoms with Gasteiger partial charge in [-0.25, -0.2) is 4.39 Å². The fourth-order valence-corrected chi connectivity index (χ4v) is 2.60. The summed E-state index contributed by atoms with van der Waals surface area (Å²) in [7, 11) is 1.41. The van der Waals surface area contributed by atoms with Gasteiger partial charge < -0.3 is 4.74 Å². The zero-order valence-corrected chi connectivity index (χ0v) is 11.6. The minimum Gasteiger partial charge on any atom is -0.469 e. The first-order chi connectivity index (χ1) is 9.11. The van der Waals surface area contributed by atoms with Gasteiger partial charge in [-0.1, -0.05) is 23.7 Å². The molecule has 5 heteroatoms. The lowest BCUT2D eigenvalue weighted by atomic mass is 9.96. The molecule has 0 spiro atoms. The number of nitrogens with zero attached hydrogens (tertiary/aromatic N) is 1. The fraction of sp³-hybridized carbons (Fsp3) is 0.500. The first-order valence-electron chi connectivity index (χ1n) is 6.35. The van der Waals surface area contributed by atoms with Crippen molar-refractivity contribution in [2.45, 2.75) is 19.4 Å². The molecule has 0 aromatic heterocycles. The number of rotatable bonds is 3. The number of hydrogen-bond acceptors (Lipinski definition) is 3. The molecule has 0 aliphatic carbocycles. The summed E-state index contributed by atoms with van der Waals surface area (Å²) in [6.45, 7) is 2.07. The lowest BCUT2D eigenvalue weighted by Gasteiger charge is -2.30. The molecule has 0 radical (unpaired) electrons. The summed E-state index contributed by atoms with van der Waals surface area (Å²) in [5.41, 5.74) is 0.601. The largest absolute Gasteiger partial charge is 0.469 e. The summed E-state index contributed by atoms with van der Waals surface area (Å²) in [6, 6.07) is 5.04. The summed E-state index contributed by atoms with van der Waals surface area (Å²) in [4.78, 5) is 13.5. The van der Waals surface area contributed by atoms with E-state index in [0.29, 0.717) is 12.1 Å². The summed E-state index contributed by atoms with van der Waals surface area (Å²) in [6.07, 6.45) is 1.52. The molecular weight excluding hydrogens is 269 g/mol. The number of likely N-dealkylation sites (tertiary alicyclic amines) is 1. The van der Waals surface area contributed by atoms with Crippen LogP contribution in [-0.4, -0.2) is 31.1 Å². The van der Waals surface area contributed by atoms with Crippen LogP contribution in [0.25, 0.3) is 0 Å². The molecule has 0 N–H and O–H groups in total. The van der Waals surface area contributed by atoms with Crippen molar-refractivity contribution in [3.05, 3.63) is 34.6 Å². The Morgan fingerprint density at radius 2 is 2.16 bits per heavy atom. The van der Waals surface area contributed by atoms with Gasteiger partial charge in [-0.15, -0.1) is 0 Å². The lowest BCUT2D eigenvalue weighted by Crippen LogP contribution is -2.36. The van der Waals surface area contributed by atoms with Gasteiger partial charge >= 0.3 is 5.97 Å². The van der Waals surface area contributed by atoms with Gasteiger partial charge in [-0.2, -0.15) is 0 Å². The SMILES string of the molecule is COC(=O)C1CCN(Cc2cccc(Cl)c2F)CC1. The Morgan fingerprint density at radius 1 is 1.47 bits per heavy atom. The van der Waals surface area contributed by atoms with E-state index in [1.165, 1.54) is 7.11 Å². The second kappa shape index (κ2) is 6.35. The van der Waals surface area contributed by atoms with E-state index < -0.39 is 0 Å². The number of carbonyl (C=O) groups excluding carboxylic acids is 1. The number of methoxy groups -OCH3 is 1. The topological polar surface area (TPSA) is 29.5 Å². The molecule has 0 amide bonds. The Labute approximate surface area is 117 Å². The van der Waals surface area contributed by atoms with Crippen LogP contribution in [0.15, 0.2) is 18.2 Å². The number of halogens is 2. The predicted octanol–water partition coefficient (Wildman–Crippen LogP) is 2.86. The highest BCUT2D eigenvalue weighted by Gasteiger charge is 2.25. The second-order valence-electron chi connectivity index (χ2n) is 4.79. The van der Waals surface area contributed by atoms with Crippen LogP contribution in [0.2, 0.25) is 5.02 Å². The molecule has 104 valence electrons. The van der Waals surface area contributed by atoms with Gasteiger partial charge in [0.1, 0.15) is 5.82 Å². The number of esters is 1. The molecule has 1 fully saturated rings. The van der Waals surface area contributed by atoms with Gasteiger partial charge in [0.05, 0.1) is 18.1 Å². The maximum absolute atomic E-state index is 13.8. The van der Waals surface area contributed by atoms with Crippen molar-refractivity contribution in [2.75, 3.05) is 20.2 Å². The smallest absolute Gasteiger partial charge is 0.308 e. The van der Waals surface area contributed by atoms with Gasteiger partial charge in [0, 0.05) is 12.1 Å². The monoisotopic (exact) mass is 285 g/mol. The molecule has 1 aromatic rings. The highest BCUT2D eigenvalue weighted by Crippen LogP contribution is 2.23. The molecule has 0 unspecified atom stereocenters. The number of benzene rings is 1. The molecule has 0 saturated carbocycles. The molecule has 19 heavy (non-hydrogen) atoms. The van der Waals surface area contributed by atoms with Crippen LogP contribution in [-0.2, 0) is 16.1 Å². The van der Waals surface area contributed by atoms with Crippen molar-refractivity contribution >= 4 is 17.6 Å². The summed E-state index contributed by atoms with van der Waals surface area (Å²) >= 11 is 5.76. The molecule has 0 bridgehead atoms. The van der Waals surface area contributed by atoms with E-state index in [-0.39, 0.29) is 22.7 Å². The number of piperidine rings is 1. The molecule has 3 nitrogen and oxygen atoms in total. The third-order valence-electron chi connectivity index (χ3n) is 3.55. The minimum atomic E-state index is -0.348. The number of ether oxygens (including phenoxy) is 1. The summed E-state index contributed by atoms with van der Waals surface area (Å²) < 4.78 is 18.5. The van der Waals surface area contributed by atoms with Crippen molar-refractivity contribution in [2.24, 2.45) is 5.92 Å². The Hall–Kier alpha value is -1.13. The van der Waals surface area contributed by atoms with Crippen molar-refractivity contribution < 1.29 is 13.9 Å². The molecule has 1 aliphatic heterocycles. The Bertz CT molecular complexity index is 459. The van der Waals surface area contributed by atoms with E-state index in [0.717, 1.165) is 25.9 Å². The van der Waals surface area contributed by atoms with Crippen molar-refractivity contribution in [3.63, 3.8) is 0 Å². The normalized spacial score (nSPS) is 17.4. The van der Waals surface area contributed by atoms with Crippen LogP contribution in [0.3, 0.4) is 0 Å². The number of carbonyl (C=O) groups is 1. The Balaban J connectivity index is 1.92. The van der Waals surface area contributed by atoms with Crippen LogP contribution < -0.4 is 0 Å². The standard InChI is InChI=1S/C14H17ClFNO2/c1-19-14(18)10-5-7-17(8-6-10)9-11-3-2-4-12(15)13(11)16/h2-4,10H,5-9H2,1H3. The maximum atomic E-state index is 13.8. The van der Waals surface area contributed by atoms with Crippen molar-refractivity contribution in [3.8, 4) is 0 Å². The van der Waals surface area contributed by atoms with E-state index in [1.807, 2.05) is 0 Å². The van der Waals surface area contributed by atoms with Gasteiger partial charge in [-0.05, 0) is 32.0 Å². The Kier molecular flexibility index (Phi) is 4.77. The molecule has 1 saturated heterocycles. The van der Waals surface area contributed by atoms with Crippen LogP contribution in [0.4, 0.5) is 4.39 Å². The van der Waals surface area contributed by atoms with Gasteiger partial charge in [0.15, 0.2) is 0 Å². The van der Waals surface area contributed by atoms with Crippen LogP contribution >= 0.6 is 11.6 Å². The number of hydrogen-bond donors (Lipinski definition) is 0. The third-order valence-corrected chi connectivity index (χ3v) is 3.84. The van der Waals surface area contributed by atoms with E-state index >= 15 is 0 Å². The van der Waals surface area contributed by atoms with Gasteiger partial charge in [0.25, 0.3) is 0 Å². The molecule has 1 heterocycles. The summed E-state index contributed by atoms with van der Waals surface area (Å²) in [5, 5.41) is 0.155. The van der Waals surface area contributed by atoms with Crippen LogP contribution in [0, 0.1) is 11.7 Å². The van der Waals surface area contributed by atoms with E-state index in [4.69, 9.17) is 16.3 Å². The summed E-state index contributed by atoms with van der Waals surface area (Å²) in [5.74, 6) is -0.515. The van der Waals surface area contributed by atoms with E-state index in [1.54, 1.807) is 18.2 Å². The van der Waals surface area contributed by atoms with Crippen molar-refractivity contribution in [1.82, 2.24) is 4.90 Å². The zero-order valence-electron chi connectivity index (χ0n) is 10.9. The van der Waals surface area contributed by atoms with E-state index in [2.05, 4.69) is 4.90 Å². The molecule has 1 aliphatic rings. The quantitative estimate of drug-likeness (QED) is 0.800. The first-order valence-corrected chi connectivity index (χ1v) is 6.72. The molecule has 1 aromatic carbocycles. The third kappa shape index (κ3) is 3.45. The van der Waals surface area contributed by atoms with E-state index in [9.17, 15) is 9.18 Å². The average molecular weight is 286 g/mol.